The molecule has 102 valence electrons. The zero-order valence-electron chi connectivity index (χ0n) is 10.9. The standard InChI is InChI=1S/C13H14N6O/c1-2-20-9-7-15-19(8-9)12-10-5-3-4-6-11(10)16-13(17-12)18-14/h3-8H,2,14H2,1H3,(H,16,17,18). The summed E-state index contributed by atoms with van der Waals surface area (Å²) in [7, 11) is 0. The van der Waals surface area contributed by atoms with Crippen molar-refractivity contribution in [2.75, 3.05) is 12.0 Å². The molecule has 0 amide bonds. The Bertz CT molecular complexity index is 739. The van der Waals surface area contributed by atoms with Crippen molar-refractivity contribution in [3.05, 3.63) is 36.7 Å². The Kier molecular flexibility index (Phi) is 3.18. The fourth-order valence-corrected chi connectivity index (χ4v) is 1.96. The molecule has 0 bridgehead atoms. The quantitative estimate of drug-likeness (QED) is 0.551. The van der Waals surface area contributed by atoms with E-state index in [1.807, 2.05) is 31.2 Å². The van der Waals surface area contributed by atoms with Crippen molar-refractivity contribution < 1.29 is 4.74 Å². The Morgan fingerprint density at radius 2 is 2.15 bits per heavy atom. The number of nitrogens with two attached hydrogens (primary N) is 1. The number of fused-ring (bicyclic) bond motifs is 1. The van der Waals surface area contributed by atoms with E-state index in [9.17, 15) is 0 Å². The number of para-hydroxylation sites is 1. The summed E-state index contributed by atoms with van der Waals surface area (Å²) in [5, 5.41) is 5.15. The molecule has 0 saturated carbocycles. The molecule has 0 unspecified atom stereocenters. The third kappa shape index (κ3) is 2.14. The van der Waals surface area contributed by atoms with E-state index in [-0.39, 0.29) is 0 Å². The van der Waals surface area contributed by atoms with Crippen LogP contribution in [0.3, 0.4) is 0 Å². The van der Waals surface area contributed by atoms with Crippen molar-refractivity contribution in [3.63, 3.8) is 0 Å². The molecular formula is C13H14N6O. The summed E-state index contributed by atoms with van der Waals surface area (Å²) < 4.78 is 7.06. The lowest BCUT2D eigenvalue weighted by Gasteiger charge is -2.07. The van der Waals surface area contributed by atoms with Crippen molar-refractivity contribution in [2.24, 2.45) is 5.84 Å². The van der Waals surface area contributed by atoms with E-state index in [0.29, 0.717) is 24.1 Å². The first-order valence-electron chi connectivity index (χ1n) is 6.23. The molecule has 7 heteroatoms. The first-order valence-corrected chi connectivity index (χ1v) is 6.23. The Morgan fingerprint density at radius 3 is 2.95 bits per heavy atom. The molecule has 0 aliphatic heterocycles. The van der Waals surface area contributed by atoms with Gasteiger partial charge >= 0.3 is 0 Å². The molecule has 2 aromatic heterocycles. The normalized spacial score (nSPS) is 10.7. The molecule has 0 aliphatic rings. The number of ether oxygens (including phenoxy) is 1. The predicted molar refractivity (Wildman–Crippen MR) is 75.6 cm³/mol. The summed E-state index contributed by atoms with van der Waals surface area (Å²) in [4.78, 5) is 8.66. The van der Waals surface area contributed by atoms with Crippen LogP contribution in [-0.4, -0.2) is 26.4 Å². The van der Waals surface area contributed by atoms with Crippen molar-refractivity contribution in [1.82, 2.24) is 19.7 Å². The van der Waals surface area contributed by atoms with Gasteiger partial charge in [-0.05, 0) is 19.1 Å². The summed E-state index contributed by atoms with van der Waals surface area (Å²) in [5.74, 6) is 7.09. The number of hydrazine groups is 1. The van der Waals surface area contributed by atoms with Gasteiger partial charge in [0, 0.05) is 5.39 Å². The molecule has 2 heterocycles. The number of hydrogen-bond donors (Lipinski definition) is 2. The monoisotopic (exact) mass is 270 g/mol. The minimum atomic E-state index is 0.340. The minimum absolute atomic E-state index is 0.340. The first kappa shape index (κ1) is 12.4. The highest BCUT2D eigenvalue weighted by Gasteiger charge is 2.10. The maximum atomic E-state index is 5.41. The lowest BCUT2D eigenvalue weighted by atomic mass is 10.2. The van der Waals surface area contributed by atoms with Gasteiger partial charge in [0.1, 0.15) is 0 Å². The molecular weight excluding hydrogens is 256 g/mol. The van der Waals surface area contributed by atoms with Crippen LogP contribution >= 0.6 is 0 Å². The largest absolute Gasteiger partial charge is 0.491 e. The van der Waals surface area contributed by atoms with Crippen LogP contribution in [0.2, 0.25) is 0 Å². The van der Waals surface area contributed by atoms with Gasteiger partial charge in [-0.25, -0.2) is 15.5 Å². The molecule has 0 atom stereocenters. The highest BCUT2D eigenvalue weighted by atomic mass is 16.5. The van der Waals surface area contributed by atoms with E-state index in [1.165, 1.54) is 0 Å². The number of aromatic nitrogens is 4. The summed E-state index contributed by atoms with van der Waals surface area (Å²) >= 11 is 0. The van der Waals surface area contributed by atoms with Crippen LogP contribution in [0, 0.1) is 0 Å². The first-order chi connectivity index (χ1) is 9.81. The topological polar surface area (TPSA) is 90.9 Å². The average molecular weight is 270 g/mol. The number of nitrogens with zero attached hydrogens (tertiary/aromatic N) is 4. The molecule has 1 aromatic carbocycles. The summed E-state index contributed by atoms with van der Waals surface area (Å²) in [6.45, 7) is 2.51. The lowest BCUT2D eigenvalue weighted by molar-refractivity contribution is 0.340. The van der Waals surface area contributed by atoms with Crippen molar-refractivity contribution in [3.8, 4) is 11.6 Å². The lowest BCUT2D eigenvalue weighted by Crippen LogP contribution is -2.12. The van der Waals surface area contributed by atoms with E-state index in [1.54, 1.807) is 17.1 Å². The molecule has 3 aromatic rings. The van der Waals surface area contributed by atoms with Gasteiger partial charge in [0.2, 0.25) is 5.95 Å². The highest BCUT2D eigenvalue weighted by molar-refractivity contribution is 5.86. The van der Waals surface area contributed by atoms with Crippen LogP contribution in [0.4, 0.5) is 5.95 Å². The summed E-state index contributed by atoms with van der Waals surface area (Å²) in [5.41, 5.74) is 3.26. The van der Waals surface area contributed by atoms with Gasteiger partial charge in [-0.1, -0.05) is 12.1 Å². The average Bonchev–Trinajstić information content (AvgIpc) is 2.95. The summed E-state index contributed by atoms with van der Waals surface area (Å²) in [6.07, 6.45) is 3.43. The van der Waals surface area contributed by atoms with Crippen molar-refractivity contribution in [1.29, 1.82) is 0 Å². The van der Waals surface area contributed by atoms with E-state index in [0.717, 1.165) is 10.9 Å². The van der Waals surface area contributed by atoms with Crippen LogP contribution in [-0.2, 0) is 0 Å². The van der Waals surface area contributed by atoms with Crippen LogP contribution in [0.1, 0.15) is 6.92 Å². The number of anilines is 1. The molecule has 7 nitrogen and oxygen atoms in total. The van der Waals surface area contributed by atoms with Crippen molar-refractivity contribution >= 4 is 16.9 Å². The second kappa shape index (κ2) is 5.14. The zero-order valence-corrected chi connectivity index (χ0v) is 10.9. The number of nitrogens with one attached hydrogen (secondary N) is 1. The van der Waals surface area contributed by atoms with Crippen LogP contribution < -0.4 is 16.0 Å². The van der Waals surface area contributed by atoms with Gasteiger partial charge in [0.05, 0.1) is 24.5 Å². The molecule has 0 fully saturated rings. The number of hydrogen-bond acceptors (Lipinski definition) is 6. The Hall–Kier alpha value is -2.67. The second-order valence-corrected chi connectivity index (χ2v) is 4.09. The van der Waals surface area contributed by atoms with Gasteiger partial charge in [0.15, 0.2) is 11.6 Å². The number of benzene rings is 1. The van der Waals surface area contributed by atoms with E-state index < -0.39 is 0 Å². The molecule has 0 spiro atoms. The maximum absolute atomic E-state index is 5.41. The van der Waals surface area contributed by atoms with E-state index in [4.69, 9.17) is 10.6 Å². The number of nitrogen functional groups attached to an aromatic ring is 1. The summed E-state index contributed by atoms with van der Waals surface area (Å²) in [6, 6.07) is 7.67. The predicted octanol–water partition coefficient (Wildman–Crippen LogP) is 1.50. The molecule has 3 rings (SSSR count). The van der Waals surface area contributed by atoms with Gasteiger partial charge in [0.25, 0.3) is 0 Å². The second-order valence-electron chi connectivity index (χ2n) is 4.09. The third-order valence-electron chi connectivity index (χ3n) is 2.80. The van der Waals surface area contributed by atoms with Gasteiger partial charge in [-0.3, -0.25) is 5.43 Å². The van der Waals surface area contributed by atoms with Gasteiger partial charge in [-0.2, -0.15) is 10.1 Å². The molecule has 20 heavy (non-hydrogen) atoms. The highest BCUT2D eigenvalue weighted by Crippen LogP contribution is 2.21. The Balaban J connectivity index is 2.17. The van der Waals surface area contributed by atoms with Crippen LogP contribution in [0.15, 0.2) is 36.7 Å². The Morgan fingerprint density at radius 1 is 1.30 bits per heavy atom. The SMILES string of the molecule is CCOc1cnn(-c2nc(NN)nc3ccccc23)c1. The fraction of sp³-hybridized carbons (Fsp3) is 0.154. The smallest absolute Gasteiger partial charge is 0.239 e. The molecule has 0 saturated heterocycles. The van der Waals surface area contributed by atoms with Crippen LogP contribution in [0.5, 0.6) is 5.75 Å². The fourth-order valence-electron chi connectivity index (χ4n) is 1.96. The minimum Gasteiger partial charge on any atom is -0.491 e. The molecule has 0 radical (unpaired) electrons. The van der Waals surface area contributed by atoms with Crippen LogP contribution in [0.25, 0.3) is 16.7 Å². The van der Waals surface area contributed by atoms with Crippen molar-refractivity contribution in [2.45, 2.75) is 6.92 Å². The van der Waals surface area contributed by atoms with Gasteiger partial charge < -0.3 is 4.74 Å². The number of rotatable bonds is 4. The maximum Gasteiger partial charge on any atom is 0.239 e. The Labute approximate surface area is 115 Å². The van der Waals surface area contributed by atoms with E-state index >= 15 is 0 Å². The third-order valence-corrected chi connectivity index (χ3v) is 2.80. The van der Waals surface area contributed by atoms with Gasteiger partial charge in [-0.15, -0.1) is 0 Å². The van der Waals surface area contributed by atoms with E-state index in [2.05, 4.69) is 20.5 Å². The zero-order chi connectivity index (χ0) is 13.9. The molecule has 3 N–H and O–H groups in total. The molecule has 0 aliphatic carbocycles.